The van der Waals surface area contributed by atoms with Gasteiger partial charge in [-0.25, -0.2) is 4.98 Å². The molecule has 0 aliphatic carbocycles. The van der Waals surface area contributed by atoms with Gasteiger partial charge in [0.15, 0.2) is 5.82 Å². The standard InChI is InChI=1S/C11H10N4/c1-7-13-11(15-14-7)9-3-2-8-4-5-12-10(8)6-9/h2-6,12H,1H3,(H,13,14,15). The van der Waals surface area contributed by atoms with Crippen molar-refractivity contribution in [3.63, 3.8) is 0 Å². The van der Waals surface area contributed by atoms with E-state index in [1.165, 1.54) is 5.39 Å². The zero-order valence-corrected chi connectivity index (χ0v) is 8.28. The fourth-order valence-corrected chi connectivity index (χ4v) is 1.66. The molecule has 3 aromatic rings. The Hall–Kier alpha value is -2.10. The summed E-state index contributed by atoms with van der Waals surface area (Å²) in [6, 6.07) is 8.19. The summed E-state index contributed by atoms with van der Waals surface area (Å²) in [5.74, 6) is 1.57. The van der Waals surface area contributed by atoms with Crippen LogP contribution in [0.3, 0.4) is 0 Å². The number of fused-ring (bicyclic) bond motifs is 1. The number of hydrogen-bond acceptors (Lipinski definition) is 2. The molecule has 2 aromatic heterocycles. The van der Waals surface area contributed by atoms with Crippen LogP contribution in [0.1, 0.15) is 5.82 Å². The monoisotopic (exact) mass is 198 g/mol. The summed E-state index contributed by atoms with van der Waals surface area (Å²) in [4.78, 5) is 7.46. The molecule has 1 aromatic carbocycles. The first kappa shape index (κ1) is 8.23. The maximum absolute atomic E-state index is 4.29. The van der Waals surface area contributed by atoms with Crippen LogP contribution in [0.4, 0.5) is 0 Å². The lowest BCUT2D eigenvalue weighted by Gasteiger charge is -1.95. The molecule has 2 heterocycles. The lowest BCUT2D eigenvalue weighted by atomic mass is 10.1. The maximum atomic E-state index is 4.29. The minimum Gasteiger partial charge on any atom is -0.361 e. The highest BCUT2D eigenvalue weighted by atomic mass is 15.2. The molecule has 0 saturated carbocycles. The Morgan fingerprint density at radius 3 is 2.93 bits per heavy atom. The number of benzene rings is 1. The van der Waals surface area contributed by atoms with Crippen molar-refractivity contribution in [3.05, 3.63) is 36.3 Å². The van der Waals surface area contributed by atoms with E-state index in [4.69, 9.17) is 0 Å². The Kier molecular flexibility index (Phi) is 1.62. The highest BCUT2D eigenvalue weighted by Gasteiger charge is 2.04. The average Bonchev–Trinajstić information content (AvgIpc) is 2.84. The molecule has 0 aliphatic rings. The van der Waals surface area contributed by atoms with E-state index in [9.17, 15) is 0 Å². The van der Waals surface area contributed by atoms with Crippen molar-refractivity contribution < 1.29 is 0 Å². The van der Waals surface area contributed by atoms with Gasteiger partial charge in [-0.2, -0.15) is 5.10 Å². The second-order valence-corrected chi connectivity index (χ2v) is 3.52. The molecule has 0 bridgehead atoms. The Labute approximate surface area is 86.4 Å². The van der Waals surface area contributed by atoms with Crippen molar-refractivity contribution in [2.75, 3.05) is 0 Å². The number of nitrogens with one attached hydrogen (secondary N) is 2. The van der Waals surface area contributed by atoms with Crippen LogP contribution in [0.25, 0.3) is 22.3 Å². The molecule has 4 nitrogen and oxygen atoms in total. The molecule has 0 spiro atoms. The third kappa shape index (κ3) is 1.30. The molecule has 0 fully saturated rings. The molecule has 0 saturated heterocycles. The van der Waals surface area contributed by atoms with E-state index in [0.29, 0.717) is 0 Å². The van der Waals surface area contributed by atoms with Gasteiger partial charge in [-0.05, 0) is 24.4 Å². The van der Waals surface area contributed by atoms with Crippen LogP contribution in [0, 0.1) is 6.92 Å². The average molecular weight is 198 g/mol. The predicted octanol–water partition coefficient (Wildman–Crippen LogP) is 2.26. The molecule has 0 unspecified atom stereocenters. The molecule has 15 heavy (non-hydrogen) atoms. The SMILES string of the molecule is Cc1nc(-c2ccc3cc[nH]c3c2)n[nH]1. The first-order valence-corrected chi connectivity index (χ1v) is 4.79. The Morgan fingerprint density at radius 2 is 2.13 bits per heavy atom. The van der Waals surface area contributed by atoms with Gasteiger partial charge in [0.1, 0.15) is 5.82 Å². The van der Waals surface area contributed by atoms with Crippen LogP contribution in [-0.2, 0) is 0 Å². The largest absolute Gasteiger partial charge is 0.361 e. The number of nitrogens with zero attached hydrogens (tertiary/aromatic N) is 2. The van der Waals surface area contributed by atoms with Crippen molar-refractivity contribution in [3.8, 4) is 11.4 Å². The van der Waals surface area contributed by atoms with Crippen LogP contribution >= 0.6 is 0 Å². The van der Waals surface area contributed by atoms with Crippen molar-refractivity contribution in [2.45, 2.75) is 6.92 Å². The lowest BCUT2D eigenvalue weighted by molar-refractivity contribution is 1.04. The van der Waals surface area contributed by atoms with Crippen LogP contribution in [0.15, 0.2) is 30.5 Å². The summed E-state index contributed by atoms with van der Waals surface area (Å²) < 4.78 is 0. The van der Waals surface area contributed by atoms with E-state index >= 15 is 0 Å². The zero-order valence-electron chi connectivity index (χ0n) is 8.28. The number of aromatic amines is 2. The van der Waals surface area contributed by atoms with Gasteiger partial charge >= 0.3 is 0 Å². The van der Waals surface area contributed by atoms with E-state index in [0.717, 1.165) is 22.7 Å². The number of hydrogen-bond donors (Lipinski definition) is 2. The molecule has 2 N–H and O–H groups in total. The summed E-state index contributed by atoms with van der Waals surface area (Å²) in [7, 11) is 0. The normalized spacial score (nSPS) is 11.0. The fraction of sp³-hybridized carbons (Fsp3) is 0.0909. The van der Waals surface area contributed by atoms with Crippen LogP contribution in [0.5, 0.6) is 0 Å². The van der Waals surface area contributed by atoms with E-state index in [2.05, 4.69) is 32.3 Å². The van der Waals surface area contributed by atoms with Gasteiger partial charge in [0.2, 0.25) is 0 Å². The fourth-order valence-electron chi connectivity index (χ4n) is 1.66. The zero-order chi connectivity index (χ0) is 10.3. The second-order valence-electron chi connectivity index (χ2n) is 3.52. The topological polar surface area (TPSA) is 57.4 Å². The van der Waals surface area contributed by atoms with E-state index in [1.807, 2.05) is 25.3 Å². The minimum atomic E-state index is 0.740. The minimum absolute atomic E-state index is 0.740. The van der Waals surface area contributed by atoms with Gasteiger partial charge in [0.25, 0.3) is 0 Å². The molecule has 0 aliphatic heterocycles. The third-order valence-corrected chi connectivity index (χ3v) is 2.41. The van der Waals surface area contributed by atoms with Gasteiger partial charge in [-0.15, -0.1) is 0 Å². The molecule has 4 heteroatoms. The molecule has 3 rings (SSSR count). The van der Waals surface area contributed by atoms with Crippen molar-refractivity contribution in [1.82, 2.24) is 20.2 Å². The highest BCUT2D eigenvalue weighted by Crippen LogP contribution is 2.20. The van der Waals surface area contributed by atoms with Crippen LogP contribution in [-0.4, -0.2) is 20.2 Å². The maximum Gasteiger partial charge on any atom is 0.181 e. The van der Waals surface area contributed by atoms with Crippen LogP contribution in [0.2, 0.25) is 0 Å². The summed E-state index contributed by atoms with van der Waals surface area (Å²) >= 11 is 0. The van der Waals surface area contributed by atoms with E-state index in [1.54, 1.807) is 0 Å². The van der Waals surface area contributed by atoms with Gasteiger partial charge in [0, 0.05) is 17.3 Å². The van der Waals surface area contributed by atoms with Crippen molar-refractivity contribution in [2.24, 2.45) is 0 Å². The number of aromatic nitrogens is 4. The summed E-state index contributed by atoms with van der Waals surface area (Å²) in [5, 5.41) is 8.16. The van der Waals surface area contributed by atoms with Crippen LogP contribution < -0.4 is 0 Å². The van der Waals surface area contributed by atoms with Gasteiger partial charge in [0.05, 0.1) is 0 Å². The van der Waals surface area contributed by atoms with Crippen molar-refractivity contribution in [1.29, 1.82) is 0 Å². The van der Waals surface area contributed by atoms with Gasteiger partial charge in [-0.1, -0.05) is 12.1 Å². The smallest absolute Gasteiger partial charge is 0.181 e. The van der Waals surface area contributed by atoms with E-state index in [-0.39, 0.29) is 0 Å². The highest BCUT2D eigenvalue weighted by molar-refractivity contribution is 5.83. The summed E-state index contributed by atoms with van der Waals surface area (Å²) in [6.07, 6.45) is 1.93. The number of aryl methyl sites for hydroxylation is 1. The Bertz CT molecular complexity index is 606. The van der Waals surface area contributed by atoms with E-state index < -0.39 is 0 Å². The molecule has 74 valence electrons. The first-order valence-electron chi connectivity index (χ1n) is 4.79. The molecular formula is C11H10N4. The summed E-state index contributed by atoms with van der Waals surface area (Å²) in [6.45, 7) is 1.89. The Morgan fingerprint density at radius 1 is 1.20 bits per heavy atom. The second kappa shape index (κ2) is 2.95. The lowest BCUT2D eigenvalue weighted by Crippen LogP contribution is -1.80. The van der Waals surface area contributed by atoms with Gasteiger partial charge in [-0.3, -0.25) is 5.10 Å². The molecular weight excluding hydrogens is 188 g/mol. The predicted molar refractivity (Wildman–Crippen MR) is 58.4 cm³/mol. The summed E-state index contributed by atoms with van der Waals surface area (Å²) in [5.41, 5.74) is 2.13. The third-order valence-electron chi connectivity index (χ3n) is 2.41. The first-order chi connectivity index (χ1) is 7.33. The molecule has 0 radical (unpaired) electrons. The Balaban J connectivity index is 2.18. The quantitative estimate of drug-likeness (QED) is 0.630. The number of H-pyrrole nitrogens is 2. The molecule has 0 atom stereocenters. The van der Waals surface area contributed by atoms with Gasteiger partial charge < -0.3 is 4.98 Å². The van der Waals surface area contributed by atoms with Crippen molar-refractivity contribution >= 4 is 10.9 Å². The number of rotatable bonds is 1. The molecule has 0 amide bonds.